The zero-order chi connectivity index (χ0) is 16.2. The van der Waals surface area contributed by atoms with Gasteiger partial charge >= 0.3 is 22.2 Å². The third-order valence-corrected chi connectivity index (χ3v) is 4.25. The van der Waals surface area contributed by atoms with Gasteiger partial charge in [0, 0.05) is 19.6 Å². The molecule has 1 aromatic rings. The fourth-order valence-electron chi connectivity index (χ4n) is 2.08. The predicted octanol–water partition coefficient (Wildman–Crippen LogP) is 0.525. The first-order valence-electron chi connectivity index (χ1n) is 6.76. The van der Waals surface area contributed by atoms with Crippen LogP contribution in [-0.4, -0.2) is 43.5 Å². The molecule has 0 aromatic heterocycles. The van der Waals surface area contributed by atoms with Crippen LogP contribution in [0.4, 0.5) is 4.79 Å². The first kappa shape index (κ1) is 16.2. The van der Waals surface area contributed by atoms with Crippen LogP contribution in [0.15, 0.2) is 24.3 Å². The van der Waals surface area contributed by atoms with Crippen LogP contribution in [-0.2, 0) is 16.8 Å². The molecule has 120 valence electrons. The highest BCUT2D eigenvalue weighted by molar-refractivity contribution is 7.88. The zero-order valence-electron chi connectivity index (χ0n) is 11.8. The third-order valence-electron chi connectivity index (χ3n) is 3.28. The van der Waals surface area contributed by atoms with Gasteiger partial charge in [0.05, 0.1) is 5.56 Å². The standard InChI is InChI=1S/C13H17N3O5S/c17-12(18)11-5-3-10(4-6-11)9-14-22(20,21)15-13(19)16-7-1-2-8-16/h3-6,14H,1-2,7-9H2,(H,15,19)(H,17,18). The number of hydrogen-bond donors (Lipinski definition) is 3. The van der Waals surface area contributed by atoms with Crippen LogP contribution in [0.3, 0.4) is 0 Å². The van der Waals surface area contributed by atoms with Crippen LogP contribution in [0.1, 0.15) is 28.8 Å². The van der Waals surface area contributed by atoms with Gasteiger partial charge in [-0.2, -0.15) is 13.1 Å². The van der Waals surface area contributed by atoms with Gasteiger partial charge in [-0.3, -0.25) is 0 Å². The van der Waals surface area contributed by atoms with Crippen LogP contribution < -0.4 is 9.44 Å². The highest BCUT2D eigenvalue weighted by atomic mass is 32.2. The Morgan fingerprint density at radius 2 is 1.73 bits per heavy atom. The average Bonchev–Trinajstić information content (AvgIpc) is 2.99. The summed E-state index contributed by atoms with van der Waals surface area (Å²) in [6, 6.07) is 5.15. The summed E-state index contributed by atoms with van der Waals surface area (Å²) in [5.41, 5.74) is 0.706. The first-order valence-corrected chi connectivity index (χ1v) is 8.24. The number of rotatable bonds is 5. The average molecular weight is 327 g/mol. The molecule has 0 atom stereocenters. The summed E-state index contributed by atoms with van der Waals surface area (Å²) in [7, 11) is -3.95. The molecule has 0 radical (unpaired) electrons. The number of carbonyl (C=O) groups excluding carboxylic acids is 1. The van der Waals surface area contributed by atoms with Gasteiger partial charge in [0.1, 0.15) is 0 Å². The first-order chi connectivity index (χ1) is 10.4. The second-order valence-electron chi connectivity index (χ2n) is 4.93. The van der Waals surface area contributed by atoms with Crippen LogP contribution in [0, 0.1) is 0 Å². The van der Waals surface area contributed by atoms with E-state index in [9.17, 15) is 18.0 Å². The minimum absolute atomic E-state index is 0.0392. The molecule has 22 heavy (non-hydrogen) atoms. The fourth-order valence-corrected chi connectivity index (χ4v) is 2.87. The van der Waals surface area contributed by atoms with E-state index in [0.717, 1.165) is 12.8 Å². The Morgan fingerprint density at radius 1 is 1.14 bits per heavy atom. The maximum Gasteiger partial charge on any atom is 0.335 e. The fraction of sp³-hybridized carbons (Fsp3) is 0.385. The van der Waals surface area contributed by atoms with Crippen molar-refractivity contribution in [2.24, 2.45) is 0 Å². The minimum Gasteiger partial charge on any atom is -0.478 e. The Hall–Kier alpha value is -2.13. The lowest BCUT2D eigenvalue weighted by Gasteiger charge is -2.16. The highest BCUT2D eigenvalue weighted by Gasteiger charge is 2.22. The minimum atomic E-state index is -3.95. The van der Waals surface area contributed by atoms with E-state index < -0.39 is 22.2 Å². The molecule has 8 nitrogen and oxygen atoms in total. The Kier molecular flexibility index (Phi) is 4.99. The SMILES string of the molecule is O=C(O)c1ccc(CNS(=O)(=O)NC(=O)N2CCCC2)cc1. The van der Waals surface area contributed by atoms with Gasteiger partial charge in [0.15, 0.2) is 0 Å². The molecule has 1 heterocycles. The lowest BCUT2D eigenvalue weighted by molar-refractivity contribution is 0.0697. The van der Waals surface area contributed by atoms with E-state index in [1.165, 1.54) is 29.2 Å². The van der Waals surface area contributed by atoms with Crippen molar-refractivity contribution in [3.05, 3.63) is 35.4 Å². The molecule has 1 aromatic carbocycles. The molecular formula is C13H17N3O5S. The highest BCUT2D eigenvalue weighted by Crippen LogP contribution is 2.08. The van der Waals surface area contributed by atoms with Crippen LogP contribution in [0.2, 0.25) is 0 Å². The van der Waals surface area contributed by atoms with E-state index in [1.807, 2.05) is 4.72 Å². The van der Waals surface area contributed by atoms with Crippen molar-refractivity contribution in [1.82, 2.24) is 14.3 Å². The number of aromatic carboxylic acids is 1. The topological polar surface area (TPSA) is 116 Å². The lowest BCUT2D eigenvalue weighted by Crippen LogP contribution is -2.46. The number of benzene rings is 1. The van der Waals surface area contributed by atoms with Gasteiger partial charge in [0.2, 0.25) is 0 Å². The van der Waals surface area contributed by atoms with E-state index >= 15 is 0 Å². The van der Waals surface area contributed by atoms with E-state index in [2.05, 4.69) is 4.72 Å². The van der Waals surface area contributed by atoms with Crippen molar-refractivity contribution in [3.8, 4) is 0 Å². The molecule has 0 spiro atoms. The number of likely N-dealkylation sites (tertiary alicyclic amines) is 1. The van der Waals surface area contributed by atoms with Gasteiger partial charge in [0.25, 0.3) is 0 Å². The summed E-state index contributed by atoms with van der Waals surface area (Å²) in [5.74, 6) is -1.05. The Balaban J connectivity index is 1.88. The van der Waals surface area contributed by atoms with E-state index in [1.54, 1.807) is 0 Å². The van der Waals surface area contributed by atoms with Gasteiger partial charge in [-0.05, 0) is 30.5 Å². The van der Waals surface area contributed by atoms with Crippen molar-refractivity contribution < 1.29 is 23.1 Å². The number of nitrogens with one attached hydrogen (secondary N) is 2. The second-order valence-corrected chi connectivity index (χ2v) is 6.43. The van der Waals surface area contributed by atoms with Gasteiger partial charge in [-0.15, -0.1) is 0 Å². The van der Waals surface area contributed by atoms with Crippen molar-refractivity contribution in [2.75, 3.05) is 13.1 Å². The molecule has 1 aliphatic heterocycles. The summed E-state index contributed by atoms with van der Waals surface area (Å²) < 4.78 is 27.8. The smallest absolute Gasteiger partial charge is 0.335 e. The Labute approximate surface area is 128 Å². The van der Waals surface area contributed by atoms with E-state index in [0.29, 0.717) is 18.7 Å². The van der Waals surface area contributed by atoms with Crippen molar-refractivity contribution >= 4 is 22.2 Å². The van der Waals surface area contributed by atoms with Crippen molar-refractivity contribution in [2.45, 2.75) is 19.4 Å². The summed E-state index contributed by atoms with van der Waals surface area (Å²) in [6.45, 7) is 1.07. The van der Waals surface area contributed by atoms with Crippen molar-refractivity contribution in [1.29, 1.82) is 0 Å². The van der Waals surface area contributed by atoms with Gasteiger partial charge in [-0.1, -0.05) is 12.1 Å². The molecule has 3 N–H and O–H groups in total. The predicted molar refractivity (Wildman–Crippen MR) is 78.5 cm³/mol. The molecular weight excluding hydrogens is 310 g/mol. The van der Waals surface area contributed by atoms with Crippen LogP contribution >= 0.6 is 0 Å². The molecule has 0 aliphatic carbocycles. The second kappa shape index (κ2) is 6.75. The molecule has 9 heteroatoms. The summed E-state index contributed by atoms with van der Waals surface area (Å²) in [4.78, 5) is 23.9. The number of carboxylic acids is 1. The molecule has 1 aliphatic rings. The van der Waals surface area contributed by atoms with Gasteiger partial charge < -0.3 is 10.0 Å². The molecule has 1 fully saturated rings. The quantitative estimate of drug-likeness (QED) is 0.729. The number of carbonyl (C=O) groups is 2. The zero-order valence-corrected chi connectivity index (χ0v) is 12.6. The van der Waals surface area contributed by atoms with Crippen LogP contribution in [0.5, 0.6) is 0 Å². The molecule has 2 amide bonds. The van der Waals surface area contributed by atoms with E-state index in [4.69, 9.17) is 5.11 Å². The number of urea groups is 1. The number of amides is 2. The van der Waals surface area contributed by atoms with Gasteiger partial charge in [-0.25, -0.2) is 14.3 Å². The summed E-state index contributed by atoms with van der Waals surface area (Å²) in [6.07, 6.45) is 1.74. The maximum absolute atomic E-state index is 11.8. The lowest BCUT2D eigenvalue weighted by atomic mass is 10.1. The number of nitrogens with zero attached hydrogens (tertiary/aromatic N) is 1. The molecule has 2 rings (SSSR count). The van der Waals surface area contributed by atoms with E-state index in [-0.39, 0.29) is 12.1 Å². The molecule has 1 saturated heterocycles. The maximum atomic E-state index is 11.8. The molecule has 0 unspecified atom stereocenters. The monoisotopic (exact) mass is 327 g/mol. The largest absolute Gasteiger partial charge is 0.478 e. The Morgan fingerprint density at radius 3 is 2.27 bits per heavy atom. The van der Waals surface area contributed by atoms with Crippen molar-refractivity contribution in [3.63, 3.8) is 0 Å². The summed E-state index contributed by atoms with van der Waals surface area (Å²) in [5, 5.41) is 8.77. The normalized spacial score (nSPS) is 14.8. The molecule has 0 bridgehead atoms. The summed E-state index contributed by atoms with van der Waals surface area (Å²) >= 11 is 0. The van der Waals surface area contributed by atoms with Crippen LogP contribution in [0.25, 0.3) is 0 Å². The molecule has 0 saturated carbocycles. The number of carboxylic acid groups (broad SMARTS) is 1. The number of hydrogen-bond acceptors (Lipinski definition) is 4. The third kappa shape index (κ3) is 4.43. The Bertz CT molecular complexity index is 651.